The molecule has 1 aromatic heterocycles. The van der Waals surface area contributed by atoms with Crippen molar-refractivity contribution in [2.45, 2.75) is 77.1 Å². The Labute approximate surface area is 357 Å². The minimum Gasteiger partial charge on any atom is -0.462 e. The van der Waals surface area contributed by atoms with Crippen LogP contribution in [0.25, 0.3) is 10.4 Å². The first-order valence-corrected chi connectivity index (χ1v) is 22.4. The van der Waals surface area contributed by atoms with E-state index in [1.165, 1.54) is 17.0 Å². The number of hydrogen-bond donors (Lipinski definition) is 3. The fourth-order valence-corrected chi connectivity index (χ4v) is 7.95. The van der Waals surface area contributed by atoms with Gasteiger partial charge < -0.3 is 44.3 Å². The summed E-state index contributed by atoms with van der Waals surface area (Å²) in [6.07, 6.45) is 0.00830. The molecular formula is C42H60N4O12S2. The standard InChI is InChI=1S/C42H60N4O12S2/c1-30-7-13-35(14-8-30)60(51,52)58-24-22-55-19-20-56-28-37(48)57-23-21-54-18-17-53-16-6-15-43-39(42(3,4)5)41(50)46-27-34(47)25-36(46)40(49)44-26-32-9-11-33(12-10-32)38-31(2)45-29-59-38/h7-14,29,34,36,39,43,47H,6,15-28H2,1-5H3,(H,44,49)/t34-,36+,39-/m1/s1. The number of hydrogen-bond acceptors (Lipinski definition) is 15. The molecule has 1 fully saturated rings. The van der Waals surface area contributed by atoms with Crippen molar-refractivity contribution in [1.82, 2.24) is 20.5 Å². The number of β-amino-alcohol motifs (C(OH)–C–C–N with tert-alkyl or cyclic N) is 1. The lowest BCUT2D eigenvalue weighted by Crippen LogP contribution is -2.56. The Morgan fingerprint density at radius 2 is 1.52 bits per heavy atom. The number of carbonyl (C=O) groups is 3. The average molecular weight is 877 g/mol. The molecule has 3 atom stereocenters. The molecule has 18 heteroatoms. The molecule has 0 bridgehead atoms. The van der Waals surface area contributed by atoms with Gasteiger partial charge >= 0.3 is 5.97 Å². The number of aliphatic hydroxyl groups excluding tert-OH is 1. The van der Waals surface area contributed by atoms with Gasteiger partial charge in [-0.15, -0.1) is 11.3 Å². The van der Waals surface area contributed by atoms with Crippen LogP contribution >= 0.6 is 11.3 Å². The molecule has 0 spiro atoms. The molecule has 2 heterocycles. The summed E-state index contributed by atoms with van der Waals surface area (Å²) in [4.78, 5) is 46.1. The van der Waals surface area contributed by atoms with E-state index in [0.29, 0.717) is 39.3 Å². The van der Waals surface area contributed by atoms with Crippen molar-refractivity contribution in [2.24, 2.45) is 5.41 Å². The van der Waals surface area contributed by atoms with Crippen molar-refractivity contribution < 1.29 is 55.8 Å². The van der Waals surface area contributed by atoms with Gasteiger partial charge in [0.25, 0.3) is 10.1 Å². The highest BCUT2D eigenvalue weighted by Gasteiger charge is 2.43. The van der Waals surface area contributed by atoms with Crippen LogP contribution in [0.15, 0.2) is 58.9 Å². The lowest BCUT2D eigenvalue weighted by Gasteiger charge is -2.35. The second-order valence-corrected chi connectivity index (χ2v) is 17.9. The predicted octanol–water partition coefficient (Wildman–Crippen LogP) is 3.41. The molecule has 4 rings (SSSR count). The molecule has 3 aromatic rings. The van der Waals surface area contributed by atoms with Crippen LogP contribution in [0.1, 0.15) is 50.4 Å². The largest absolute Gasteiger partial charge is 0.462 e. The number of likely N-dealkylation sites (tertiary alicyclic amines) is 1. The van der Waals surface area contributed by atoms with Gasteiger partial charge in [0.15, 0.2) is 0 Å². The minimum absolute atomic E-state index is 0.0389. The Balaban J connectivity index is 1.02. The molecular weight excluding hydrogens is 817 g/mol. The maximum atomic E-state index is 13.9. The molecule has 0 radical (unpaired) electrons. The minimum atomic E-state index is -3.85. The summed E-state index contributed by atoms with van der Waals surface area (Å²) in [6.45, 7) is 11.8. The Morgan fingerprint density at radius 3 is 2.17 bits per heavy atom. The van der Waals surface area contributed by atoms with E-state index < -0.39 is 39.7 Å². The van der Waals surface area contributed by atoms with Gasteiger partial charge in [0.2, 0.25) is 11.8 Å². The van der Waals surface area contributed by atoms with Crippen molar-refractivity contribution in [2.75, 3.05) is 79.2 Å². The zero-order valence-corrected chi connectivity index (χ0v) is 36.8. The third kappa shape index (κ3) is 16.2. The van der Waals surface area contributed by atoms with Crippen LogP contribution in [0.2, 0.25) is 0 Å². The zero-order valence-electron chi connectivity index (χ0n) is 35.2. The summed E-state index contributed by atoms with van der Waals surface area (Å²) < 4.78 is 56.0. The Morgan fingerprint density at radius 1 is 0.883 bits per heavy atom. The second kappa shape index (κ2) is 24.6. The molecule has 1 aliphatic rings. The molecule has 0 saturated carbocycles. The monoisotopic (exact) mass is 876 g/mol. The highest BCUT2D eigenvalue weighted by atomic mass is 32.2. The average Bonchev–Trinajstić information content (AvgIpc) is 3.83. The third-order valence-electron chi connectivity index (χ3n) is 9.45. The van der Waals surface area contributed by atoms with Gasteiger partial charge in [-0.25, -0.2) is 9.78 Å². The number of carbonyl (C=O) groups excluding carboxylic acids is 3. The molecule has 3 N–H and O–H groups in total. The molecule has 332 valence electrons. The van der Waals surface area contributed by atoms with Crippen LogP contribution in [0, 0.1) is 19.3 Å². The van der Waals surface area contributed by atoms with Crippen LogP contribution in [0.4, 0.5) is 0 Å². The van der Waals surface area contributed by atoms with Crippen LogP contribution in [0.5, 0.6) is 0 Å². The van der Waals surface area contributed by atoms with E-state index in [0.717, 1.165) is 27.3 Å². The van der Waals surface area contributed by atoms with Gasteiger partial charge in [-0.3, -0.25) is 13.8 Å². The second-order valence-electron chi connectivity index (χ2n) is 15.4. The number of aliphatic hydroxyl groups is 1. The Bertz CT molecular complexity index is 1890. The van der Waals surface area contributed by atoms with Crippen LogP contribution < -0.4 is 10.6 Å². The highest BCUT2D eigenvalue weighted by molar-refractivity contribution is 7.86. The summed E-state index contributed by atoms with van der Waals surface area (Å²) >= 11 is 1.58. The molecule has 0 aliphatic carbocycles. The maximum Gasteiger partial charge on any atom is 0.332 e. The fourth-order valence-electron chi connectivity index (χ4n) is 6.25. The van der Waals surface area contributed by atoms with E-state index in [4.69, 9.17) is 27.9 Å². The molecule has 1 saturated heterocycles. The van der Waals surface area contributed by atoms with Crippen LogP contribution in [-0.2, 0) is 58.9 Å². The van der Waals surface area contributed by atoms with E-state index in [-0.39, 0.29) is 75.9 Å². The first kappa shape index (κ1) is 48.8. The number of aromatic nitrogens is 1. The third-order valence-corrected chi connectivity index (χ3v) is 11.8. The van der Waals surface area contributed by atoms with Gasteiger partial charge in [-0.05, 0) is 55.5 Å². The molecule has 0 unspecified atom stereocenters. The Hall–Kier alpha value is -3.85. The molecule has 60 heavy (non-hydrogen) atoms. The quantitative estimate of drug-likeness (QED) is 0.0602. The number of benzene rings is 2. The van der Waals surface area contributed by atoms with E-state index in [2.05, 4.69) is 15.6 Å². The van der Waals surface area contributed by atoms with E-state index in [1.807, 2.05) is 64.4 Å². The van der Waals surface area contributed by atoms with Gasteiger partial charge in [0.05, 0.1) is 79.4 Å². The van der Waals surface area contributed by atoms with Crippen molar-refractivity contribution >= 4 is 39.2 Å². The fraction of sp³-hybridized carbons (Fsp3) is 0.571. The molecule has 1 aliphatic heterocycles. The molecule has 2 amide bonds. The number of esters is 1. The summed E-state index contributed by atoms with van der Waals surface area (Å²) in [5, 5.41) is 16.8. The first-order valence-electron chi connectivity index (χ1n) is 20.1. The van der Waals surface area contributed by atoms with Crippen LogP contribution in [-0.4, -0.2) is 139 Å². The van der Waals surface area contributed by atoms with Crippen molar-refractivity contribution in [3.05, 3.63) is 70.9 Å². The van der Waals surface area contributed by atoms with E-state index >= 15 is 0 Å². The molecule has 2 aromatic carbocycles. The number of ether oxygens (including phenoxy) is 5. The topological polar surface area (TPSA) is 201 Å². The number of thiazole rings is 1. The smallest absolute Gasteiger partial charge is 0.332 e. The van der Waals surface area contributed by atoms with Crippen molar-refractivity contribution in [1.29, 1.82) is 0 Å². The number of amides is 2. The van der Waals surface area contributed by atoms with Gasteiger partial charge in [-0.1, -0.05) is 62.7 Å². The van der Waals surface area contributed by atoms with Crippen molar-refractivity contribution in [3.8, 4) is 10.4 Å². The van der Waals surface area contributed by atoms with Crippen molar-refractivity contribution in [3.63, 3.8) is 0 Å². The Kier molecular flexibility index (Phi) is 20.0. The predicted molar refractivity (Wildman–Crippen MR) is 225 cm³/mol. The number of rotatable bonds is 26. The van der Waals surface area contributed by atoms with Gasteiger partial charge in [0.1, 0.15) is 19.3 Å². The number of aryl methyl sites for hydroxylation is 2. The normalized spacial score (nSPS) is 16.2. The number of nitrogens with zero attached hydrogens (tertiary/aromatic N) is 2. The summed E-state index contributed by atoms with van der Waals surface area (Å²) in [5.74, 6) is -1.08. The van der Waals surface area contributed by atoms with Gasteiger partial charge in [-0.2, -0.15) is 8.42 Å². The van der Waals surface area contributed by atoms with Crippen LogP contribution in [0.3, 0.4) is 0 Å². The van der Waals surface area contributed by atoms with Gasteiger partial charge in [0, 0.05) is 26.1 Å². The summed E-state index contributed by atoms with van der Waals surface area (Å²) in [5.41, 5.74) is 5.26. The number of nitrogens with one attached hydrogen (secondary N) is 2. The summed E-state index contributed by atoms with van der Waals surface area (Å²) in [7, 11) is -3.85. The summed E-state index contributed by atoms with van der Waals surface area (Å²) in [6, 6.07) is 12.9. The lowest BCUT2D eigenvalue weighted by molar-refractivity contribution is -0.151. The maximum absolute atomic E-state index is 13.9. The zero-order chi connectivity index (χ0) is 43.5. The first-order chi connectivity index (χ1) is 28.7. The van der Waals surface area contributed by atoms with E-state index in [1.54, 1.807) is 23.5 Å². The van der Waals surface area contributed by atoms with E-state index in [9.17, 15) is 27.9 Å². The molecule has 16 nitrogen and oxygen atoms in total. The highest BCUT2D eigenvalue weighted by Crippen LogP contribution is 2.28. The lowest BCUT2D eigenvalue weighted by atomic mass is 9.85. The SMILES string of the molecule is Cc1ccc(S(=O)(=O)OCCOCCOCC(=O)OCCOCCOCCCN[C@H](C(=O)N2C[C@H](O)C[C@H]2C(=O)NCc2ccc(-c3scnc3C)cc2)C(C)(C)C)cc1.